The third-order valence-electron chi connectivity index (χ3n) is 3.13. The van der Waals surface area contributed by atoms with Gasteiger partial charge in [-0.3, -0.25) is 20.4 Å². The number of benzene rings is 2. The summed E-state index contributed by atoms with van der Waals surface area (Å²) in [5, 5.41) is 8.83. The van der Waals surface area contributed by atoms with Crippen molar-refractivity contribution in [2.24, 2.45) is 0 Å². The number of phenolic OH excluding ortho intramolecular Hbond substituents is 1. The lowest BCUT2D eigenvalue weighted by Crippen LogP contribution is -2.44. The van der Waals surface area contributed by atoms with Crippen molar-refractivity contribution in [2.45, 2.75) is 24.0 Å². The summed E-state index contributed by atoms with van der Waals surface area (Å²) >= 11 is 1.41. The Kier molecular flexibility index (Phi) is 5.65. The van der Waals surface area contributed by atoms with Crippen LogP contribution in [0.15, 0.2) is 53.4 Å². The zero-order valence-corrected chi connectivity index (χ0v) is 13.7. The molecule has 0 fully saturated rings. The Morgan fingerprint density at radius 1 is 1.00 bits per heavy atom. The van der Waals surface area contributed by atoms with E-state index in [1.54, 1.807) is 6.92 Å². The van der Waals surface area contributed by atoms with E-state index in [1.807, 2.05) is 31.2 Å². The van der Waals surface area contributed by atoms with Crippen molar-refractivity contribution in [1.29, 1.82) is 0 Å². The number of rotatable bonds is 4. The third kappa shape index (κ3) is 5.03. The molecule has 0 radical (unpaired) electrons. The fraction of sp³-hybridized carbons (Fsp3) is 0.176. The van der Waals surface area contributed by atoms with Crippen LogP contribution in [0, 0.1) is 6.92 Å². The van der Waals surface area contributed by atoms with Crippen molar-refractivity contribution in [1.82, 2.24) is 10.9 Å². The maximum atomic E-state index is 12.0. The Balaban J connectivity index is 1.84. The van der Waals surface area contributed by atoms with E-state index in [0.29, 0.717) is 5.56 Å². The first-order valence-electron chi connectivity index (χ1n) is 7.08. The molecule has 0 aliphatic heterocycles. The highest BCUT2D eigenvalue weighted by Crippen LogP contribution is 2.23. The van der Waals surface area contributed by atoms with Gasteiger partial charge in [0.15, 0.2) is 0 Å². The van der Waals surface area contributed by atoms with Crippen molar-refractivity contribution in [2.75, 3.05) is 0 Å². The number of carbonyl (C=O) groups is 2. The first kappa shape index (κ1) is 16.9. The second-order valence-corrected chi connectivity index (χ2v) is 6.48. The molecule has 0 unspecified atom stereocenters. The van der Waals surface area contributed by atoms with Gasteiger partial charge in [0.25, 0.3) is 11.8 Å². The topological polar surface area (TPSA) is 78.4 Å². The molecule has 1 atom stereocenters. The van der Waals surface area contributed by atoms with Crippen LogP contribution in [0.4, 0.5) is 0 Å². The summed E-state index contributed by atoms with van der Waals surface area (Å²) in [7, 11) is 0. The third-order valence-corrected chi connectivity index (χ3v) is 4.24. The molecular weight excluding hydrogens is 312 g/mol. The molecule has 0 aliphatic carbocycles. The monoisotopic (exact) mass is 330 g/mol. The lowest BCUT2D eigenvalue weighted by atomic mass is 10.2. The van der Waals surface area contributed by atoms with E-state index in [0.717, 1.165) is 10.5 Å². The van der Waals surface area contributed by atoms with Crippen molar-refractivity contribution in [3.63, 3.8) is 0 Å². The predicted molar refractivity (Wildman–Crippen MR) is 90.2 cm³/mol. The average Bonchev–Trinajstić information content (AvgIpc) is 2.55. The van der Waals surface area contributed by atoms with Gasteiger partial charge in [-0.15, -0.1) is 11.8 Å². The first-order valence-corrected chi connectivity index (χ1v) is 7.96. The van der Waals surface area contributed by atoms with Crippen LogP contribution in [0.5, 0.6) is 5.75 Å². The van der Waals surface area contributed by atoms with E-state index in [1.165, 1.54) is 36.0 Å². The minimum atomic E-state index is -0.439. The summed E-state index contributed by atoms with van der Waals surface area (Å²) in [5.41, 5.74) is 6.27. The molecule has 0 saturated heterocycles. The van der Waals surface area contributed by atoms with Gasteiger partial charge in [-0.25, -0.2) is 0 Å². The highest BCUT2D eigenvalue weighted by Gasteiger charge is 2.15. The summed E-state index contributed by atoms with van der Waals surface area (Å²) in [6.07, 6.45) is 0. The molecule has 3 N–H and O–H groups in total. The van der Waals surface area contributed by atoms with Crippen LogP contribution in [-0.4, -0.2) is 22.2 Å². The second-order valence-electron chi connectivity index (χ2n) is 5.06. The smallest absolute Gasteiger partial charge is 0.269 e. The number of hydrogen-bond acceptors (Lipinski definition) is 4. The molecule has 0 aliphatic rings. The fourth-order valence-corrected chi connectivity index (χ4v) is 2.65. The van der Waals surface area contributed by atoms with Gasteiger partial charge in [-0.1, -0.05) is 17.7 Å². The van der Waals surface area contributed by atoms with Crippen LogP contribution in [0.1, 0.15) is 22.8 Å². The Morgan fingerprint density at radius 3 is 2.22 bits per heavy atom. The molecule has 120 valence electrons. The lowest BCUT2D eigenvalue weighted by Gasteiger charge is -2.13. The fourth-order valence-electron chi connectivity index (χ4n) is 1.78. The molecule has 2 aromatic carbocycles. The van der Waals surface area contributed by atoms with Gasteiger partial charge >= 0.3 is 0 Å². The average molecular weight is 330 g/mol. The highest BCUT2D eigenvalue weighted by atomic mass is 32.2. The van der Waals surface area contributed by atoms with Gasteiger partial charge < -0.3 is 5.11 Å². The summed E-state index contributed by atoms with van der Waals surface area (Å²) < 4.78 is 0. The molecule has 0 aromatic heterocycles. The van der Waals surface area contributed by atoms with Gasteiger partial charge in [-0.2, -0.15) is 0 Å². The number of hydrogen-bond donors (Lipinski definition) is 3. The highest BCUT2D eigenvalue weighted by molar-refractivity contribution is 8.00. The van der Waals surface area contributed by atoms with Crippen molar-refractivity contribution < 1.29 is 14.7 Å². The first-order chi connectivity index (χ1) is 11.0. The standard InChI is InChI=1S/C17H18N2O3S/c1-11-3-9-15(10-4-11)23-12(2)16(21)18-19-17(22)13-5-7-14(20)8-6-13/h3-10,12,20H,1-2H3,(H,18,21)(H,19,22)/t12-/m0/s1. The molecule has 23 heavy (non-hydrogen) atoms. The van der Waals surface area contributed by atoms with Crippen LogP contribution in [-0.2, 0) is 4.79 Å². The summed E-state index contributed by atoms with van der Waals surface area (Å²) in [5.74, 6) is -0.651. The Labute approximate surface area is 139 Å². The largest absolute Gasteiger partial charge is 0.508 e. The molecule has 2 amide bonds. The number of aryl methyl sites for hydroxylation is 1. The molecule has 0 bridgehead atoms. The molecule has 2 aromatic rings. The zero-order valence-electron chi connectivity index (χ0n) is 12.9. The number of hydrazine groups is 1. The van der Waals surface area contributed by atoms with Crippen LogP contribution in [0.3, 0.4) is 0 Å². The number of amides is 2. The van der Waals surface area contributed by atoms with E-state index in [4.69, 9.17) is 0 Å². The summed E-state index contributed by atoms with van der Waals surface area (Å²) in [4.78, 5) is 24.9. The van der Waals surface area contributed by atoms with E-state index in [-0.39, 0.29) is 16.9 Å². The minimum absolute atomic E-state index is 0.0775. The second kappa shape index (κ2) is 7.69. The van der Waals surface area contributed by atoms with Crippen LogP contribution < -0.4 is 10.9 Å². The number of thioether (sulfide) groups is 1. The van der Waals surface area contributed by atoms with Crippen molar-refractivity contribution in [3.8, 4) is 5.75 Å². The number of phenols is 1. The molecule has 2 rings (SSSR count). The van der Waals surface area contributed by atoms with Crippen LogP contribution in [0.2, 0.25) is 0 Å². The normalized spacial score (nSPS) is 11.6. The predicted octanol–water partition coefficient (Wildman–Crippen LogP) is 2.64. The Bertz CT molecular complexity index is 684. The minimum Gasteiger partial charge on any atom is -0.508 e. The van der Waals surface area contributed by atoms with E-state index < -0.39 is 5.91 Å². The lowest BCUT2D eigenvalue weighted by molar-refractivity contribution is -0.121. The molecule has 0 heterocycles. The van der Waals surface area contributed by atoms with Crippen LogP contribution in [0.25, 0.3) is 0 Å². The van der Waals surface area contributed by atoms with E-state index >= 15 is 0 Å². The van der Waals surface area contributed by atoms with E-state index in [9.17, 15) is 14.7 Å². The molecule has 0 saturated carbocycles. The summed E-state index contributed by atoms with van der Waals surface area (Å²) in [6.45, 7) is 3.77. The van der Waals surface area contributed by atoms with E-state index in [2.05, 4.69) is 10.9 Å². The molecule has 0 spiro atoms. The van der Waals surface area contributed by atoms with Crippen LogP contribution >= 0.6 is 11.8 Å². The van der Waals surface area contributed by atoms with Gasteiger partial charge in [0.05, 0.1) is 5.25 Å². The maximum absolute atomic E-state index is 12.0. The van der Waals surface area contributed by atoms with Gasteiger partial charge in [0, 0.05) is 10.5 Å². The quantitative estimate of drug-likeness (QED) is 0.595. The number of nitrogens with one attached hydrogen (secondary N) is 2. The maximum Gasteiger partial charge on any atom is 0.269 e. The molecule has 5 nitrogen and oxygen atoms in total. The number of carbonyl (C=O) groups excluding carboxylic acids is 2. The number of aromatic hydroxyl groups is 1. The van der Waals surface area contributed by atoms with Crippen molar-refractivity contribution >= 4 is 23.6 Å². The summed E-state index contributed by atoms with van der Waals surface area (Å²) in [6, 6.07) is 13.7. The van der Waals surface area contributed by atoms with Gasteiger partial charge in [-0.05, 0) is 50.2 Å². The SMILES string of the molecule is Cc1ccc(S[C@@H](C)C(=O)NNC(=O)c2ccc(O)cc2)cc1. The Hall–Kier alpha value is -2.47. The van der Waals surface area contributed by atoms with Gasteiger partial charge in [0.2, 0.25) is 0 Å². The zero-order chi connectivity index (χ0) is 16.8. The molecule has 6 heteroatoms. The Morgan fingerprint density at radius 2 is 1.61 bits per heavy atom. The van der Waals surface area contributed by atoms with Crippen molar-refractivity contribution in [3.05, 3.63) is 59.7 Å². The molecular formula is C17H18N2O3S. The van der Waals surface area contributed by atoms with Gasteiger partial charge in [0.1, 0.15) is 5.75 Å².